The molecule has 0 aromatic carbocycles. The molecule has 6 heteroatoms. The molecule has 0 bridgehead atoms. The summed E-state index contributed by atoms with van der Waals surface area (Å²) in [5.74, 6) is 0. The highest BCUT2D eigenvalue weighted by Crippen LogP contribution is 2.05. The van der Waals surface area contributed by atoms with E-state index in [4.69, 9.17) is 15.3 Å². The number of hydrogen-bond acceptors (Lipinski definition) is 6. The second-order valence-corrected chi connectivity index (χ2v) is 2.57. The van der Waals surface area contributed by atoms with Crippen molar-refractivity contribution < 1.29 is 30.0 Å². The molecule has 0 aromatic rings. The lowest BCUT2D eigenvalue weighted by Gasteiger charge is -2.24. The Morgan fingerprint density at radius 1 is 1.31 bits per heavy atom. The van der Waals surface area contributed by atoms with Gasteiger partial charge in [0.2, 0.25) is 0 Å². The Kier molecular flexibility index (Phi) is 5.76. The standard InChI is InChI=1S/C7H14O6/c1-13-5(3-9)7(12)6(11)4(10)2-8/h3-8,10-12H,2H2,1H3/t4?,5-,6+,7-/m0/s1. The van der Waals surface area contributed by atoms with Crippen LogP contribution in [0.15, 0.2) is 0 Å². The summed E-state index contributed by atoms with van der Waals surface area (Å²) in [6.45, 7) is -0.701. The van der Waals surface area contributed by atoms with E-state index in [1.165, 1.54) is 7.11 Å². The highest BCUT2D eigenvalue weighted by atomic mass is 16.5. The van der Waals surface area contributed by atoms with Gasteiger partial charge in [-0.15, -0.1) is 0 Å². The third-order valence-corrected chi connectivity index (χ3v) is 1.67. The molecule has 0 aliphatic heterocycles. The van der Waals surface area contributed by atoms with Crippen LogP contribution in [-0.2, 0) is 9.53 Å². The molecular weight excluding hydrogens is 180 g/mol. The topological polar surface area (TPSA) is 107 Å². The predicted octanol–water partition coefficient (Wildman–Crippen LogP) is -2.72. The number of carbonyl (C=O) groups excluding carboxylic acids is 1. The summed E-state index contributed by atoms with van der Waals surface area (Å²) in [6, 6.07) is 0. The van der Waals surface area contributed by atoms with E-state index in [9.17, 15) is 9.90 Å². The maximum atomic E-state index is 10.3. The third kappa shape index (κ3) is 3.37. The predicted molar refractivity (Wildman–Crippen MR) is 42.0 cm³/mol. The van der Waals surface area contributed by atoms with Crippen LogP contribution in [0.1, 0.15) is 0 Å². The minimum atomic E-state index is -1.61. The fourth-order valence-electron chi connectivity index (χ4n) is 0.805. The first kappa shape index (κ1) is 12.5. The van der Waals surface area contributed by atoms with Crippen molar-refractivity contribution in [1.82, 2.24) is 0 Å². The van der Waals surface area contributed by atoms with Gasteiger partial charge in [0.15, 0.2) is 6.29 Å². The lowest BCUT2D eigenvalue weighted by molar-refractivity contribution is -0.141. The molecule has 1 unspecified atom stereocenters. The van der Waals surface area contributed by atoms with E-state index in [1.54, 1.807) is 0 Å². The van der Waals surface area contributed by atoms with Gasteiger partial charge < -0.3 is 30.0 Å². The first-order valence-electron chi connectivity index (χ1n) is 3.71. The normalized spacial score (nSPS) is 20.4. The number of ether oxygens (including phenoxy) is 1. The van der Waals surface area contributed by atoms with Crippen LogP contribution in [0.25, 0.3) is 0 Å². The minimum absolute atomic E-state index is 0.304. The van der Waals surface area contributed by atoms with Crippen molar-refractivity contribution in [3.63, 3.8) is 0 Å². The van der Waals surface area contributed by atoms with Crippen molar-refractivity contribution >= 4 is 6.29 Å². The molecule has 0 spiro atoms. The van der Waals surface area contributed by atoms with Crippen molar-refractivity contribution in [2.45, 2.75) is 24.4 Å². The van der Waals surface area contributed by atoms with Gasteiger partial charge in [0.1, 0.15) is 24.4 Å². The second kappa shape index (κ2) is 6.01. The highest BCUT2D eigenvalue weighted by molar-refractivity contribution is 5.57. The number of carbonyl (C=O) groups is 1. The van der Waals surface area contributed by atoms with Crippen LogP contribution >= 0.6 is 0 Å². The number of hydrogen-bond donors (Lipinski definition) is 4. The molecule has 0 aromatic heterocycles. The second-order valence-electron chi connectivity index (χ2n) is 2.57. The molecule has 0 saturated heterocycles. The van der Waals surface area contributed by atoms with Crippen LogP contribution in [0, 0.1) is 0 Å². The summed E-state index contributed by atoms with van der Waals surface area (Å²) < 4.78 is 4.51. The van der Waals surface area contributed by atoms with Gasteiger partial charge in [-0.25, -0.2) is 0 Å². The lowest BCUT2D eigenvalue weighted by atomic mass is 10.0. The fourth-order valence-corrected chi connectivity index (χ4v) is 0.805. The fraction of sp³-hybridized carbons (Fsp3) is 0.857. The minimum Gasteiger partial charge on any atom is -0.394 e. The Morgan fingerprint density at radius 3 is 2.15 bits per heavy atom. The molecule has 0 radical (unpaired) electrons. The summed E-state index contributed by atoms with van der Waals surface area (Å²) in [6.07, 6.45) is -5.56. The average Bonchev–Trinajstić information content (AvgIpc) is 2.17. The largest absolute Gasteiger partial charge is 0.394 e. The van der Waals surface area contributed by atoms with Gasteiger partial charge in [0.05, 0.1) is 6.61 Å². The highest BCUT2D eigenvalue weighted by Gasteiger charge is 2.30. The molecule has 4 atom stereocenters. The van der Waals surface area contributed by atoms with Gasteiger partial charge in [-0.05, 0) is 0 Å². The first-order valence-corrected chi connectivity index (χ1v) is 3.71. The first-order chi connectivity index (χ1) is 6.08. The van der Waals surface area contributed by atoms with Crippen LogP contribution in [0.4, 0.5) is 0 Å². The summed E-state index contributed by atoms with van der Waals surface area (Å²) >= 11 is 0. The number of methoxy groups -OCH3 is 1. The van der Waals surface area contributed by atoms with Gasteiger partial charge >= 0.3 is 0 Å². The zero-order valence-corrected chi connectivity index (χ0v) is 7.20. The van der Waals surface area contributed by atoms with Crippen LogP contribution in [-0.4, -0.2) is 64.8 Å². The van der Waals surface area contributed by atoms with Gasteiger partial charge in [0.25, 0.3) is 0 Å². The van der Waals surface area contributed by atoms with Crippen molar-refractivity contribution in [3.8, 4) is 0 Å². The molecule has 6 nitrogen and oxygen atoms in total. The molecule has 0 aliphatic rings. The number of rotatable bonds is 6. The van der Waals surface area contributed by atoms with Crippen LogP contribution in [0.3, 0.4) is 0 Å². The Morgan fingerprint density at radius 2 is 1.85 bits per heavy atom. The van der Waals surface area contributed by atoms with E-state index in [2.05, 4.69) is 4.74 Å². The Bertz CT molecular complexity index is 150. The summed E-state index contributed by atoms with van der Waals surface area (Å²) in [5, 5.41) is 35.7. The molecule has 0 heterocycles. The smallest absolute Gasteiger partial charge is 0.151 e. The molecule has 0 aliphatic carbocycles. The number of aliphatic hydroxyl groups excluding tert-OH is 4. The molecule has 0 fully saturated rings. The SMILES string of the molecule is CO[C@@H](C=O)[C@H](O)[C@H](O)C(O)CO. The van der Waals surface area contributed by atoms with Gasteiger partial charge in [-0.3, -0.25) is 0 Å². The van der Waals surface area contributed by atoms with Crippen molar-refractivity contribution in [3.05, 3.63) is 0 Å². The van der Waals surface area contributed by atoms with E-state index in [0.717, 1.165) is 0 Å². The molecule has 0 rings (SSSR count). The zero-order chi connectivity index (χ0) is 10.4. The molecule has 0 amide bonds. The van der Waals surface area contributed by atoms with Gasteiger partial charge in [-0.1, -0.05) is 0 Å². The monoisotopic (exact) mass is 194 g/mol. The van der Waals surface area contributed by atoms with Gasteiger partial charge in [-0.2, -0.15) is 0 Å². The van der Waals surface area contributed by atoms with E-state index >= 15 is 0 Å². The van der Waals surface area contributed by atoms with Crippen molar-refractivity contribution in [2.75, 3.05) is 13.7 Å². The van der Waals surface area contributed by atoms with E-state index in [1.807, 2.05) is 0 Å². The third-order valence-electron chi connectivity index (χ3n) is 1.67. The summed E-state index contributed by atoms with van der Waals surface area (Å²) in [5.41, 5.74) is 0. The molecule has 78 valence electrons. The molecular formula is C7H14O6. The van der Waals surface area contributed by atoms with E-state index in [-0.39, 0.29) is 0 Å². The lowest BCUT2D eigenvalue weighted by Crippen LogP contribution is -2.47. The maximum Gasteiger partial charge on any atom is 0.151 e. The van der Waals surface area contributed by atoms with Crippen LogP contribution < -0.4 is 0 Å². The van der Waals surface area contributed by atoms with Crippen molar-refractivity contribution in [2.24, 2.45) is 0 Å². The Hall–Kier alpha value is -0.530. The number of aliphatic hydroxyl groups is 4. The van der Waals surface area contributed by atoms with E-state index < -0.39 is 31.0 Å². The zero-order valence-electron chi connectivity index (χ0n) is 7.20. The maximum absolute atomic E-state index is 10.3. The number of aldehydes is 1. The Labute approximate surface area is 75.4 Å². The Balaban J connectivity index is 4.21. The summed E-state index contributed by atoms with van der Waals surface area (Å²) in [7, 11) is 1.18. The molecule has 0 saturated carbocycles. The summed E-state index contributed by atoms with van der Waals surface area (Å²) in [4.78, 5) is 10.3. The van der Waals surface area contributed by atoms with Crippen LogP contribution in [0.5, 0.6) is 0 Å². The van der Waals surface area contributed by atoms with Gasteiger partial charge in [0, 0.05) is 7.11 Å². The quantitative estimate of drug-likeness (QED) is 0.342. The van der Waals surface area contributed by atoms with Crippen molar-refractivity contribution in [1.29, 1.82) is 0 Å². The average molecular weight is 194 g/mol. The molecule has 13 heavy (non-hydrogen) atoms. The molecule has 4 N–H and O–H groups in total. The van der Waals surface area contributed by atoms with Crippen LogP contribution in [0.2, 0.25) is 0 Å². The van der Waals surface area contributed by atoms with E-state index in [0.29, 0.717) is 6.29 Å².